The van der Waals surface area contributed by atoms with E-state index in [0.29, 0.717) is 13.0 Å². The third-order valence-electron chi connectivity index (χ3n) is 1.54. The number of carbonyl (C=O) groups excluding carboxylic acids is 1. The van der Waals surface area contributed by atoms with E-state index in [1.54, 1.807) is 14.0 Å². The number of ether oxygens (including phenoxy) is 1. The van der Waals surface area contributed by atoms with E-state index in [9.17, 15) is 4.79 Å². The Hall–Kier alpha value is -0.650. The lowest BCUT2D eigenvalue weighted by molar-refractivity contribution is -0.123. The minimum Gasteiger partial charge on any atom is -0.392 e. The quantitative estimate of drug-likeness (QED) is 0.493. The molecule has 0 rings (SSSR count). The summed E-state index contributed by atoms with van der Waals surface area (Å²) in [5, 5.41) is 11.4. The lowest BCUT2D eigenvalue weighted by Crippen LogP contribution is -2.43. The molecule has 0 aliphatic heterocycles. The molecule has 0 fully saturated rings. The van der Waals surface area contributed by atoms with Crippen LogP contribution in [0.25, 0.3) is 0 Å². The molecule has 78 valence electrons. The second-order valence-electron chi connectivity index (χ2n) is 2.98. The second kappa shape index (κ2) is 6.82. The monoisotopic (exact) mass is 190 g/mol. The van der Waals surface area contributed by atoms with Gasteiger partial charge in [-0.2, -0.15) is 0 Å². The Bertz CT molecular complexity index is 150. The number of amides is 1. The van der Waals surface area contributed by atoms with E-state index in [-0.39, 0.29) is 12.5 Å². The minimum atomic E-state index is -0.557. The van der Waals surface area contributed by atoms with E-state index in [2.05, 4.69) is 5.32 Å². The normalized spacial score (nSPS) is 15.1. The molecule has 5 heteroatoms. The van der Waals surface area contributed by atoms with Gasteiger partial charge in [-0.05, 0) is 13.3 Å². The maximum absolute atomic E-state index is 11.2. The van der Waals surface area contributed by atoms with Crippen LogP contribution in [0.5, 0.6) is 0 Å². The van der Waals surface area contributed by atoms with Gasteiger partial charge < -0.3 is 20.9 Å². The average Bonchev–Trinajstić information content (AvgIpc) is 2.10. The zero-order valence-corrected chi connectivity index (χ0v) is 8.12. The smallest absolute Gasteiger partial charge is 0.237 e. The van der Waals surface area contributed by atoms with E-state index in [1.165, 1.54) is 0 Å². The standard InChI is InChI=1S/C8H18N2O3/c1-6(11)5-10-8(12)7(9)3-4-13-2/h6-7,11H,3-5,9H2,1-2H3,(H,10,12)/t6-,7?/m0/s1. The summed E-state index contributed by atoms with van der Waals surface area (Å²) in [4.78, 5) is 11.2. The summed E-state index contributed by atoms with van der Waals surface area (Å²) in [5.74, 6) is -0.252. The molecular formula is C8H18N2O3. The predicted molar refractivity (Wildman–Crippen MR) is 49.2 cm³/mol. The molecule has 4 N–H and O–H groups in total. The zero-order valence-electron chi connectivity index (χ0n) is 8.12. The third kappa shape index (κ3) is 6.51. The van der Waals surface area contributed by atoms with Crippen molar-refractivity contribution in [3.63, 3.8) is 0 Å². The van der Waals surface area contributed by atoms with Crippen LogP contribution in [-0.2, 0) is 9.53 Å². The van der Waals surface area contributed by atoms with Gasteiger partial charge in [-0.15, -0.1) is 0 Å². The number of hydrogen-bond acceptors (Lipinski definition) is 4. The lowest BCUT2D eigenvalue weighted by atomic mass is 10.2. The van der Waals surface area contributed by atoms with Crippen LogP contribution in [0.3, 0.4) is 0 Å². The third-order valence-corrected chi connectivity index (χ3v) is 1.54. The first kappa shape index (κ1) is 12.3. The summed E-state index contributed by atoms with van der Waals surface area (Å²) in [7, 11) is 1.56. The summed E-state index contributed by atoms with van der Waals surface area (Å²) in [6, 6.07) is -0.557. The SMILES string of the molecule is COCCC(N)C(=O)NC[C@H](C)O. The van der Waals surface area contributed by atoms with Crippen molar-refractivity contribution in [3.05, 3.63) is 0 Å². The van der Waals surface area contributed by atoms with Crippen LogP contribution >= 0.6 is 0 Å². The van der Waals surface area contributed by atoms with Crippen molar-refractivity contribution >= 4 is 5.91 Å². The zero-order chi connectivity index (χ0) is 10.3. The average molecular weight is 190 g/mol. The fourth-order valence-corrected chi connectivity index (χ4v) is 0.755. The largest absolute Gasteiger partial charge is 0.392 e. The molecule has 0 aromatic heterocycles. The van der Waals surface area contributed by atoms with Crippen LogP contribution in [0.4, 0.5) is 0 Å². The van der Waals surface area contributed by atoms with Crippen LogP contribution in [0.2, 0.25) is 0 Å². The van der Waals surface area contributed by atoms with Crippen molar-refractivity contribution in [2.75, 3.05) is 20.3 Å². The number of methoxy groups -OCH3 is 1. The van der Waals surface area contributed by atoms with Crippen LogP contribution in [0.1, 0.15) is 13.3 Å². The topological polar surface area (TPSA) is 84.6 Å². The summed E-state index contributed by atoms with van der Waals surface area (Å²) < 4.78 is 4.78. The van der Waals surface area contributed by atoms with E-state index in [1.807, 2.05) is 0 Å². The number of rotatable bonds is 6. The van der Waals surface area contributed by atoms with Crippen molar-refractivity contribution in [2.45, 2.75) is 25.5 Å². The van der Waals surface area contributed by atoms with Gasteiger partial charge >= 0.3 is 0 Å². The number of nitrogens with one attached hydrogen (secondary N) is 1. The molecule has 2 atom stereocenters. The van der Waals surface area contributed by atoms with Gasteiger partial charge in [-0.1, -0.05) is 0 Å². The summed E-state index contributed by atoms with van der Waals surface area (Å²) in [6.45, 7) is 2.30. The highest BCUT2D eigenvalue weighted by Gasteiger charge is 2.12. The first-order chi connectivity index (χ1) is 6.07. The number of aliphatic hydroxyl groups is 1. The number of carbonyl (C=O) groups is 1. The molecule has 0 aliphatic carbocycles. The number of aliphatic hydroxyl groups excluding tert-OH is 1. The van der Waals surface area contributed by atoms with E-state index >= 15 is 0 Å². The molecule has 0 aliphatic rings. The van der Waals surface area contributed by atoms with Crippen molar-refractivity contribution in [1.29, 1.82) is 0 Å². The molecular weight excluding hydrogens is 172 g/mol. The van der Waals surface area contributed by atoms with Crippen LogP contribution in [0.15, 0.2) is 0 Å². The first-order valence-electron chi connectivity index (χ1n) is 4.28. The lowest BCUT2D eigenvalue weighted by Gasteiger charge is -2.12. The van der Waals surface area contributed by atoms with Gasteiger partial charge in [0, 0.05) is 20.3 Å². The Kier molecular flexibility index (Phi) is 6.48. The van der Waals surface area contributed by atoms with Gasteiger partial charge in [0.25, 0.3) is 0 Å². The van der Waals surface area contributed by atoms with Crippen molar-refractivity contribution in [2.24, 2.45) is 5.73 Å². The summed E-state index contributed by atoms with van der Waals surface area (Å²) >= 11 is 0. The molecule has 0 spiro atoms. The van der Waals surface area contributed by atoms with Gasteiger partial charge in [0.2, 0.25) is 5.91 Å². The minimum absolute atomic E-state index is 0.236. The molecule has 0 radical (unpaired) electrons. The maximum atomic E-state index is 11.2. The van der Waals surface area contributed by atoms with Crippen LogP contribution in [-0.4, -0.2) is 43.4 Å². The molecule has 1 unspecified atom stereocenters. The molecule has 13 heavy (non-hydrogen) atoms. The van der Waals surface area contributed by atoms with Crippen molar-refractivity contribution in [3.8, 4) is 0 Å². The molecule has 0 aromatic carbocycles. The Morgan fingerprint density at radius 3 is 2.77 bits per heavy atom. The van der Waals surface area contributed by atoms with Gasteiger partial charge in [-0.3, -0.25) is 4.79 Å². The van der Waals surface area contributed by atoms with Gasteiger partial charge in [-0.25, -0.2) is 0 Å². The Morgan fingerprint density at radius 2 is 2.31 bits per heavy atom. The van der Waals surface area contributed by atoms with Gasteiger partial charge in [0.05, 0.1) is 12.1 Å². The molecule has 0 aromatic rings. The Labute approximate surface area is 78.3 Å². The number of hydrogen-bond donors (Lipinski definition) is 3. The van der Waals surface area contributed by atoms with Crippen LogP contribution in [0, 0.1) is 0 Å². The molecule has 5 nitrogen and oxygen atoms in total. The second-order valence-corrected chi connectivity index (χ2v) is 2.98. The van der Waals surface area contributed by atoms with Crippen molar-refractivity contribution in [1.82, 2.24) is 5.32 Å². The van der Waals surface area contributed by atoms with E-state index < -0.39 is 12.1 Å². The maximum Gasteiger partial charge on any atom is 0.237 e. The molecule has 0 saturated heterocycles. The van der Waals surface area contributed by atoms with Crippen LogP contribution < -0.4 is 11.1 Å². The number of nitrogens with two attached hydrogens (primary N) is 1. The summed E-state index contributed by atoms with van der Waals surface area (Å²) in [5.41, 5.74) is 5.52. The highest BCUT2D eigenvalue weighted by Crippen LogP contribution is 1.88. The highest BCUT2D eigenvalue weighted by atomic mass is 16.5. The Balaban J connectivity index is 3.57. The highest BCUT2D eigenvalue weighted by molar-refractivity contribution is 5.81. The molecule has 0 heterocycles. The summed E-state index contributed by atoms with van der Waals surface area (Å²) in [6.07, 6.45) is -0.0547. The van der Waals surface area contributed by atoms with Gasteiger partial charge in [0.1, 0.15) is 0 Å². The molecule has 0 bridgehead atoms. The fourth-order valence-electron chi connectivity index (χ4n) is 0.755. The molecule has 0 saturated carbocycles. The first-order valence-corrected chi connectivity index (χ1v) is 4.28. The fraction of sp³-hybridized carbons (Fsp3) is 0.875. The van der Waals surface area contributed by atoms with Gasteiger partial charge in [0.15, 0.2) is 0 Å². The molecule has 1 amide bonds. The van der Waals surface area contributed by atoms with E-state index in [4.69, 9.17) is 15.6 Å². The van der Waals surface area contributed by atoms with E-state index in [0.717, 1.165) is 0 Å². The van der Waals surface area contributed by atoms with Crippen molar-refractivity contribution < 1.29 is 14.6 Å². The Morgan fingerprint density at radius 1 is 1.69 bits per heavy atom. The predicted octanol–water partition coefficient (Wildman–Crippen LogP) is -1.15.